The van der Waals surface area contributed by atoms with Crippen molar-refractivity contribution in [3.63, 3.8) is 0 Å². The number of carbonyl (C=O) groups is 6. The lowest BCUT2D eigenvalue weighted by molar-refractivity contribution is -0.210. The smallest absolute Gasteiger partial charge is 0.333 e. The highest BCUT2D eigenvalue weighted by atomic mass is 16.6. The lowest BCUT2D eigenvalue weighted by Crippen LogP contribution is -2.65. The Kier molecular flexibility index (Phi) is 12.9. The predicted molar refractivity (Wildman–Crippen MR) is 228 cm³/mol. The van der Waals surface area contributed by atoms with Crippen LogP contribution in [-0.2, 0) is 52.5 Å². The minimum absolute atomic E-state index is 0.00268. The Morgan fingerprint density at radius 1 is 0.641 bits per heavy atom. The van der Waals surface area contributed by atoms with Gasteiger partial charge in [0.15, 0.2) is 0 Å². The van der Waals surface area contributed by atoms with E-state index >= 15 is 4.79 Å². The number of benzene rings is 1. The molecule has 8 rings (SSSR count). The normalized spacial score (nSPS) is 39.7. The van der Waals surface area contributed by atoms with Gasteiger partial charge in [-0.15, -0.1) is 0 Å². The molecule has 6 saturated heterocycles. The van der Waals surface area contributed by atoms with E-state index in [4.69, 9.17) is 23.7 Å². The van der Waals surface area contributed by atoms with E-state index in [-0.39, 0.29) is 53.9 Å². The molecule has 16 heteroatoms. The van der Waals surface area contributed by atoms with Crippen molar-refractivity contribution in [1.29, 1.82) is 0 Å². The van der Waals surface area contributed by atoms with Crippen molar-refractivity contribution in [2.75, 3.05) is 21.1 Å². The molecule has 6 aliphatic heterocycles. The van der Waals surface area contributed by atoms with Crippen LogP contribution in [0.2, 0.25) is 0 Å². The average molecular weight is 890 g/mol. The summed E-state index contributed by atoms with van der Waals surface area (Å²) in [7, 11) is 5.87. The van der Waals surface area contributed by atoms with Gasteiger partial charge in [0.05, 0.1) is 35.4 Å². The van der Waals surface area contributed by atoms with Crippen LogP contribution in [0.15, 0.2) is 53.6 Å². The number of aliphatic hydroxyl groups excluding tert-OH is 1. The topological polar surface area (TPSA) is 199 Å². The van der Waals surface area contributed by atoms with Crippen LogP contribution in [0.4, 0.5) is 0 Å². The fourth-order valence-electron chi connectivity index (χ4n) is 12.3. The van der Waals surface area contributed by atoms with Crippen LogP contribution in [0.3, 0.4) is 0 Å². The Labute approximate surface area is 374 Å². The number of aliphatic hydroxyl groups is 1. The zero-order chi connectivity index (χ0) is 45.9. The number of likely N-dealkylation sites (N-methyl/N-ethyl adjacent to an activating group) is 3. The van der Waals surface area contributed by atoms with E-state index in [2.05, 4.69) is 14.7 Å². The minimum atomic E-state index is -1.71. The van der Waals surface area contributed by atoms with E-state index in [0.29, 0.717) is 68.9 Å². The van der Waals surface area contributed by atoms with Gasteiger partial charge in [-0.05, 0) is 67.2 Å². The SMILES string of the molecule is C/C=C(/C)C(=O)O[C@H]1C[C@@H]2C[C@@H](OC(=O)[C@@H]3[C@@H](c4ccccc4)[C@H](C(=O)O[C@@H]4C[C@H]5C[C@@H](OC(=O)/C=C(\C)C(=O)O)C[C@@H]4N5C)[C@]3(C)C(=O)O[C@H]3C[C@@H]4C[C@H](O)C[C@H]3N4C)C[C@H]1N2C. The van der Waals surface area contributed by atoms with Crippen molar-refractivity contribution < 1.29 is 62.7 Å². The summed E-state index contributed by atoms with van der Waals surface area (Å²) < 4.78 is 30.9. The number of rotatable bonds is 12. The number of esters is 5. The maximum absolute atomic E-state index is 15.0. The summed E-state index contributed by atoms with van der Waals surface area (Å²) in [6.07, 6.45) is 3.80. The number of carboxylic acid groups (broad SMARTS) is 1. The number of carboxylic acids is 1. The third kappa shape index (κ3) is 8.39. The van der Waals surface area contributed by atoms with E-state index < -0.39 is 83.5 Å². The highest BCUT2D eigenvalue weighted by molar-refractivity contribution is 5.96. The molecule has 6 heterocycles. The lowest BCUT2D eigenvalue weighted by Gasteiger charge is -2.55. The quantitative estimate of drug-likeness (QED) is 0.175. The monoisotopic (exact) mass is 889 g/mol. The van der Waals surface area contributed by atoms with Crippen LogP contribution in [-0.4, -0.2) is 155 Å². The predicted octanol–water partition coefficient (Wildman–Crippen LogP) is 3.54. The molecule has 7 fully saturated rings. The van der Waals surface area contributed by atoms with Gasteiger partial charge in [-0.3, -0.25) is 29.1 Å². The summed E-state index contributed by atoms with van der Waals surface area (Å²) in [5, 5.41) is 19.9. The van der Waals surface area contributed by atoms with Crippen molar-refractivity contribution in [3.8, 4) is 0 Å². The van der Waals surface area contributed by atoms with Gasteiger partial charge in [-0.1, -0.05) is 36.4 Å². The van der Waals surface area contributed by atoms with Crippen LogP contribution < -0.4 is 0 Å². The average Bonchev–Trinajstić information content (AvgIpc) is 3.58. The lowest BCUT2D eigenvalue weighted by atomic mass is 9.45. The number of fused-ring (bicyclic) bond motifs is 6. The summed E-state index contributed by atoms with van der Waals surface area (Å²) in [4.78, 5) is 88.1. The minimum Gasteiger partial charge on any atom is -0.478 e. The second-order valence-corrected chi connectivity index (χ2v) is 19.7. The summed E-state index contributed by atoms with van der Waals surface area (Å²) in [6.45, 7) is 6.43. The first-order chi connectivity index (χ1) is 30.4. The van der Waals surface area contributed by atoms with Gasteiger partial charge in [0.25, 0.3) is 0 Å². The molecule has 348 valence electrons. The molecule has 0 unspecified atom stereocenters. The molecule has 0 amide bonds. The molecule has 2 N–H and O–H groups in total. The number of ether oxygens (including phenoxy) is 5. The van der Waals surface area contributed by atoms with Crippen molar-refractivity contribution in [2.45, 2.75) is 164 Å². The molecule has 0 aromatic heterocycles. The first kappa shape index (κ1) is 45.9. The van der Waals surface area contributed by atoms with Gasteiger partial charge in [0, 0.05) is 92.3 Å². The van der Waals surface area contributed by atoms with Gasteiger partial charge in [-0.25, -0.2) is 14.4 Å². The molecule has 0 spiro atoms. The molecule has 7 aliphatic rings. The Morgan fingerprint density at radius 2 is 1.14 bits per heavy atom. The van der Waals surface area contributed by atoms with E-state index in [1.54, 1.807) is 26.8 Å². The van der Waals surface area contributed by atoms with Crippen LogP contribution in [0, 0.1) is 17.3 Å². The van der Waals surface area contributed by atoms with Gasteiger partial charge in [0.2, 0.25) is 0 Å². The molecule has 0 radical (unpaired) electrons. The second-order valence-electron chi connectivity index (χ2n) is 19.7. The molecular weight excluding hydrogens is 827 g/mol. The number of carbonyl (C=O) groups excluding carboxylic acids is 5. The molecule has 1 aromatic carbocycles. The molecule has 1 aromatic rings. The van der Waals surface area contributed by atoms with Crippen molar-refractivity contribution >= 4 is 35.8 Å². The van der Waals surface area contributed by atoms with Crippen LogP contribution in [0.1, 0.15) is 97.0 Å². The van der Waals surface area contributed by atoms with Crippen molar-refractivity contribution in [1.82, 2.24) is 14.7 Å². The maximum atomic E-state index is 15.0. The Balaban J connectivity index is 1.06. The fraction of sp³-hybridized carbons (Fsp3) is 0.667. The summed E-state index contributed by atoms with van der Waals surface area (Å²) in [6, 6.07) is 8.34. The Bertz CT molecular complexity index is 2080. The molecule has 6 bridgehead atoms. The van der Waals surface area contributed by atoms with Crippen LogP contribution >= 0.6 is 0 Å². The standard InChI is InChI=1S/C48H63N3O13/c1-8-24(2)44(56)62-36-19-29-17-32(23-35(36)51(29)7)61-45(57)41-40(26-12-10-9-11-13-26)42(48(41,4)47(59)64-38-18-27-15-30(52)21-33(38)49(27)5)46(58)63-37-20-28-16-31(22-34(37)50(28)6)60-39(53)14-25(3)43(54)55/h8-14,27-38,40-42,52H,15-23H2,1-7H3,(H,54,55)/b24-8-,25-14+/t27-,28+,29-,30-,31+,32+,33+,34-,35+,36-,37+,38-,40+,41-,42+,48+/m0/s1. The summed E-state index contributed by atoms with van der Waals surface area (Å²) in [5.41, 5.74) is -0.663. The zero-order valence-electron chi connectivity index (χ0n) is 37.8. The summed E-state index contributed by atoms with van der Waals surface area (Å²) >= 11 is 0. The molecular formula is C48H63N3O13. The Hall–Kier alpha value is -4.64. The molecule has 1 aliphatic carbocycles. The number of aliphatic carboxylic acids is 1. The van der Waals surface area contributed by atoms with Crippen LogP contribution in [0.25, 0.3) is 0 Å². The van der Waals surface area contributed by atoms with E-state index in [9.17, 15) is 34.2 Å². The van der Waals surface area contributed by atoms with E-state index in [1.165, 1.54) is 6.92 Å². The number of hydrogen-bond acceptors (Lipinski definition) is 15. The largest absolute Gasteiger partial charge is 0.478 e. The van der Waals surface area contributed by atoms with Crippen molar-refractivity contribution in [2.24, 2.45) is 17.3 Å². The number of piperidine rings is 3. The first-order valence-electron chi connectivity index (χ1n) is 22.9. The highest BCUT2D eigenvalue weighted by Gasteiger charge is 2.72. The third-order valence-electron chi connectivity index (χ3n) is 16.2. The van der Waals surface area contributed by atoms with E-state index in [0.717, 1.165) is 6.08 Å². The summed E-state index contributed by atoms with van der Waals surface area (Å²) in [5.74, 6) is -7.37. The fourth-order valence-corrected chi connectivity index (χ4v) is 12.3. The van der Waals surface area contributed by atoms with Gasteiger partial charge in [0.1, 0.15) is 30.5 Å². The zero-order valence-corrected chi connectivity index (χ0v) is 37.8. The van der Waals surface area contributed by atoms with Gasteiger partial charge < -0.3 is 33.9 Å². The van der Waals surface area contributed by atoms with Crippen LogP contribution in [0.5, 0.6) is 0 Å². The molecule has 16 nitrogen and oxygen atoms in total. The van der Waals surface area contributed by atoms with E-state index in [1.807, 2.05) is 51.5 Å². The molecule has 64 heavy (non-hydrogen) atoms. The Morgan fingerprint density at radius 3 is 1.70 bits per heavy atom. The first-order valence-corrected chi connectivity index (χ1v) is 22.9. The van der Waals surface area contributed by atoms with Gasteiger partial charge >= 0.3 is 35.8 Å². The van der Waals surface area contributed by atoms with Gasteiger partial charge in [-0.2, -0.15) is 0 Å². The van der Waals surface area contributed by atoms with Crippen molar-refractivity contribution in [3.05, 3.63) is 59.2 Å². The highest BCUT2D eigenvalue weighted by Crippen LogP contribution is 2.63. The number of hydrogen-bond donors (Lipinski definition) is 2. The molecule has 1 saturated carbocycles. The number of nitrogens with zero attached hydrogens (tertiary/aromatic N) is 3. The second kappa shape index (κ2) is 18.0. The molecule has 16 atom stereocenters. The third-order valence-corrected chi connectivity index (χ3v) is 16.2. The number of allylic oxidation sites excluding steroid dienone is 1. The maximum Gasteiger partial charge on any atom is 0.333 e.